The molecule has 37 heavy (non-hydrogen) atoms. The molecule has 4 rings (SSSR count). The van der Waals surface area contributed by atoms with E-state index in [0.717, 1.165) is 57.1 Å². The molecule has 1 unspecified atom stereocenters. The number of rotatable bonds is 9. The maximum Gasteiger partial charge on any atom is 0.418 e. The van der Waals surface area contributed by atoms with Gasteiger partial charge in [0.15, 0.2) is 0 Å². The number of pyridine rings is 1. The summed E-state index contributed by atoms with van der Waals surface area (Å²) in [6.07, 6.45) is 3.63. The van der Waals surface area contributed by atoms with E-state index in [1.54, 1.807) is 13.2 Å². The summed E-state index contributed by atoms with van der Waals surface area (Å²) in [6, 6.07) is 8.80. The lowest BCUT2D eigenvalue weighted by atomic mass is 9.72. The van der Waals surface area contributed by atoms with Crippen LogP contribution in [0.5, 0.6) is 0 Å². The molecule has 2 aromatic rings. The van der Waals surface area contributed by atoms with Crippen molar-refractivity contribution in [1.82, 2.24) is 14.8 Å². The van der Waals surface area contributed by atoms with Crippen molar-refractivity contribution in [2.45, 2.75) is 64.2 Å². The molecular formula is C28H37F3N6. The van der Waals surface area contributed by atoms with Crippen molar-refractivity contribution in [3.8, 4) is 0 Å². The Kier molecular flexibility index (Phi) is 8.52. The van der Waals surface area contributed by atoms with Crippen molar-refractivity contribution in [2.75, 3.05) is 25.5 Å². The first-order chi connectivity index (χ1) is 17.7. The van der Waals surface area contributed by atoms with Gasteiger partial charge in [-0.2, -0.15) is 13.2 Å². The van der Waals surface area contributed by atoms with Gasteiger partial charge in [-0.1, -0.05) is 25.5 Å². The summed E-state index contributed by atoms with van der Waals surface area (Å²) in [4.78, 5) is 7.96. The normalized spacial score (nSPS) is 19.6. The second-order valence-electron chi connectivity index (χ2n) is 10.6. The van der Waals surface area contributed by atoms with E-state index in [2.05, 4.69) is 22.1 Å². The van der Waals surface area contributed by atoms with Crippen molar-refractivity contribution >= 4 is 17.9 Å². The Hall–Kier alpha value is -2.94. The molecule has 2 atom stereocenters. The number of piperidine rings is 1. The van der Waals surface area contributed by atoms with Crippen LogP contribution in [0.1, 0.15) is 67.3 Å². The quantitative estimate of drug-likeness (QED) is 0.269. The number of halogens is 3. The Morgan fingerprint density at radius 3 is 2.68 bits per heavy atom. The van der Waals surface area contributed by atoms with Gasteiger partial charge in [0, 0.05) is 37.9 Å². The molecule has 200 valence electrons. The summed E-state index contributed by atoms with van der Waals surface area (Å²) in [5, 5.41) is 19.3. The van der Waals surface area contributed by atoms with Gasteiger partial charge in [-0.25, -0.2) is 0 Å². The maximum atomic E-state index is 14.0. The van der Waals surface area contributed by atoms with Crippen LogP contribution in [-0.2, 0) is 19.3 Å². The van der Waals surface area contributed by atoms with Gasteiger partial charge in [-0.15, -0.1) is 0 Å². The molecule has 1 aliphatic carbocycles. The molecule has 2 aliphatic rings. The van der Waals surface area contributed by atoms with Crippen LogP contribution < -0.4 is 5.32 Å². The van der Waals surface area contributed by atoms with Crippen LogP contribution in [0, 0.1) is 22.7 Å². The molecule has 2 heterocycles. The van der Waals surface area contributed by atoms with Crippen LogP contribution in [0.25, 0.3) is 0 Å². The SMILES string of the molecule is C[C@H]1CCCN(Cc2cnc(CNc3cccc(C(C(=N)N(C)C=N)C4CCC4)c3)c(C(F)(F)F)c2)C1. The number of amidine groups is 1. The topological polar surface area (TPSA) is 79.1 Å². The van der Waals surface area contributed by atoms with E-state index in [9.17, 15) is 13.2 Å². The first kappa shape index (κ1) is 27.1. The van der Waals surface area contributed by atoms with Gasteiger partial charge >= 0.3 is 6.18 Å². The Balaban J connectivity index is 1.50. The number of nitrogens with zero attached hydrogens (tertiary/aromatic N) is 3. The number of likely N-dealkylation sites (N-methyl/N-ethyl adjacent to an activating group) is 1. The number of hydrogen-bond donors (Lipinski definition) is 3. The minimum Gasteiger partial charge on any atom is -0.379 e. The highest BCUT2D eigenvalue weighted by molar-refractivity contribution is 5.94. The molecule has 9 heteroatoms. The van der Waals surface area contributed by atoms with Crippen molar-refractivity contribution in [2.24, 2.45) is 11.8 Å². The zero-order chi connectivity index (χ0) is 26.6. The van der Waals surface area contributed by atoms with Gasteiger partial charge in [-0.3, -0.25) is 20.7 Å². The van der Waals surface area contributed by atoms with E-state index in [0.29, 0.717) is 35.5 Å². The molecule has 1 saturated heterocycles. The molecule has 0 bridgehead atoms. The summed E-state index contributed by atoms with van der Waals surface area (Å²) in [5.74, 6) is 1.10. The largest absolute Gasteiger partial charge is 0.418 e. The fourth-order valence-corrected chi connectivity index (χ4v) is 5.44. The molecule has 2 fully saturated rings. The van der Waals surface area contributed by atoms with E-state index in [1.807, 2.05) is 24.3 Å². The van der Waals surface area contributed by atoms with Crippen LogP contribution in [-0.4, -0.2) is 47.1 Å². The van der Waals surface area contributed by atoms with Gasteiger partial charge in [0.1, 0.15) is 5.84 Å². The van der Waals surface area contributed by atoms with E-state index in [-0.39, 0.29) is 18.2 Å². The van der Waals surface area contributed by atoms with Crippen molar-refractivity contribution in [3.63, 3.8) is 0 Å². The summed E-state index contributed by atoms with van der Waals surface area (Å²) in [6.45, 7) is 4.41. The zero-order valence-corrected chi connectivity index (χ0v) is 21.6. The molecular weight excluding hydrogens is 477 g/mol. The van der Waals surface area contributed by atoms with Gasteiger partial charge in [-0.05, 0) is 73.4 Å². The predicted octanol–water partition coefficient (Wildman–Crippen LogP) is 6.34. The summed E-state index contributed by atoms with van der Waals surface area (Å²) >= 11 is 0. The van der Waals surface area contributed by atoms with E-state index >= 15 is 0 Å². The fraction of sp³-hybridized carbons (Fsp3) is 0.536. The predicted molar refractivity (Wildman–Crippen MR) is 141 cm³/mol. The monoisotopic (exact) mass is 514 g/mol. The van der Waals surface area contributed by atoms with Gasteiger partial charge in [0.2, 0.25) is 0 Å². The zero-order valence-electron chi connectivity index (χ0n) is 21.6. The smallest absolute Gasteiger partial charge is 0.379 e. The average molecular weight is 515 g/mol. The molecule has 0 amide bonds. The third kappa shape index (κ3) is 6.69. The molecule has 1 aliphatic heterocycles. The van der Waals surface area contributed by atoms with Gasteiger partial charge in [0.25, 0.3) is 0 Å². The number of benzene rings is 1. The van der Waals surface area contributed by atoms with Crippen LogP contribution in [0.4, 0.5) is 18.9 Å². The maximum absolute atomic E-state index is 14.0. The molecule has 1 saturated carbocycles. The molecule has 1 aromatic carbocycles. The molecule has 1 aromatic heterocycles. The second kappa shape index (κ2) is 11.6. The van der Waals surface area contributed by atoms with Crippen molar-refractivity contribution in [1.29, 1.82) is 10.8 Å². The lowest BCUT2D eigenvalue weighted by Gasteiger charge is -2.36. The Morgan fingerprint density at radius 2 is 2.03 bits per heavy atom. The van der Waals surface area contributed by atoms with Crippen LogP contribution in [0.2, 0.25) is 0 Å². The highest BCUT2D eigenvalue weighted by Gasteiger charge is 2.35. The molecule has 6 nitrogen and oxygen atoms in total. The molecule has 3 N–H and O–H groups in total. The van der Waals surface area contributed by atoms with Crippen LogP contribution in [0.15, 0.2) is 36.5 Å². The lowest BCUT2D eigenvalue weighted by Crippen LogP contribution is -2.36. The highest BCUT2D eigenvalue weighted by atomic mass is 19.4. The minimum atomic E-state index is -4.49. The second-order valence-corrected chi connectivity index (χ2v) is 10.6. The molecule has 0 radical (unpaired) electrons. The van der Waals surface area contributed by atoms with Gasteiger partial charge < -0.3 is 10.2 Å². The fourth-order valence-electron chi connectivity index (χ4n) is 5.44. The summed E-state index contributed by atoms with van der Waals surface area (Å²) < 4.78 is 41.9. The number of nitrogens with one attached hydrogen (secondary N) is 3. The lowest BCUT2D eigenvalue weighted by molar-refractivity contribution is -0.138. The van der Waals surface area contributed by atoms with E-state index in [1.165, 1.54) is 11.0 Å². The van der Waals surface area contributed by atoms with E-state index < -0.39 is 11.7 Å². The number of hydrogen-bond acceptors (Lipinski definition) is 5. The number of alkyl halides is 3. The summed E-state index contributed by atoms with van der Waals surface area (Å²) in [7, 11) is 1.70. The Morgan fingerprint density at radius 1 is 1.24 bits per heavy atom. The Labute approximate surface area is 217 Å². The standard InChI is InChI=1S/C28H37F3N6/c1-19-6-5-11-37(16-19)17-20-12-24(28(29,30)31)25(35-14-20)15-34-23-10-4-9-22(13-23)26(21-7-3-8-21)27(33)36(2)18-32/h4,9-10,12-14,18-19,21,26,32-34H,3,5-8,11,15-17H2,1-2H3/t19-,26?/m0/s1. The number of anilines is 1. The van der Waals surface area contributed by atoms with E-state index in [4.69, 9.17) is 10.8 Å². The third-order valence-electron chi connectivity index (χ3n) is 7.67. The van der Waals surface area contributed by atoms with Crippen LogP contribution in [0.3, 0.4) is 0 Å². The number of aromatic nitrogens is 1. The molecule has 0 spiro atoms. The van der Waals surface area contributed by atoms with Crippen molar-refractivity contribution < 1.29 is 13.2 Å². The minimum absolute atomic E-state index is 0.0273. The third-order valence-corrected chi connectivity index (χ3v) is 7.67. The first-order valence-electron chi connectivity index (χ1n) is 13.1. The Bertz CT molecular complexity index is 1100. The summed E-state index contributed by atoms with van der Waals surface area (Å²) in [5.41, 5.74) is 1.49. The first-order valence-corrected chi connectivity index (χ1v) is 13.1. The highest BCUT2D eigenvalue weighted by Crippen LogP contribution is 2.41. The average Bonchev–Trinajstić information content (AvgIpc) is 2.84. The van der Waals surface area contributed by atoms with Gasteiger partial charge in [0.05, 0.1) is 24.1 Å². The van der Waals surface area contributed by atoms with Crippen LogP contribution >= 0.6 is 0 Å². The number of likely N-dealkylation sites (tertiary alicyclic amines) is 1. The van der Waals surface area contributed by atoms with Crippen molar-refractivity contribution in [3.05, 3.63) is 58.9 Å².